The number of hydrogen-bond donors (Lipinski definition) is 2. The van der Waals surface area contributed by atoms with E-state index in [1.54, 1.807) is 0 Å². The molecule has 0 unspecified atom stereocenters. The van der Waals surface area contributed by atoms with Gasteiger partial charge < -0.3 is 10.6 Å². The molecule has 0 atom stereocenters. The van der Waals surface area contributed by atoms with Crippen LogP contribution in [0.4, 0.5) is 16.5 Å². The summed E-state index contributed by atoms with van der Waals surface area (Å²) < 4.78 is 0.764. The van der Waals surface area contributed by atoms with Crippen molar-refractivity contribution in [2.45, 2.75) is 50.8 Å². The van der Waals surface area contributed by atoms with Gasteiger partial charge in [0.2, 0.25) is 11.0 Å². The number of para-hydroxylation sites is 1. The minimum Gasteiger partial charge on any atom is -0.330 e. The number of amides is 1. The second kappa shape index (κ2) is 10.1. The molecule has 0 saturated carbocycles. The monoisotopic (exact) mass is 440 g/mol. The highest BCUT2D eigenvalue weighted by molar-refractivity contribution is 8.01. The summed E-state index contributed by atoms with van der Waals surface area (Å²) in [5.74, 6) is 1.11. The first-order valence-corrected chi connectivity index (χ1v) is 11.9. The van der Waals surface area contributed by atoms with Crippen LogP contribution in [0.5, 0.6) is 0 Å². The lowest BCUT2D eigenvalue weighted by molar-refractivity contribution is -0.113. The van der Waals surface area contributed by atoms with E-state index in [-0.39, 0.29) is 5.91 Å². The lowest BCUT2D eigenvalue weighted by Gasteiger charge is -2.16. The fraction of sp³-hybridized carbons (Fsp3) is 0.348. The molecule has 1 heterocycles. The molecule has 158 valence electrons. The molecule has 2 N–H and O–H groups in total. The lowest BCUT2D eigenvalue weighted by atomic mass is 9.98. The molecule has 1 amide bonds. The maximum atomic E-state index is 12.5. The lowest BCUT2D eigenvalue weighted by Crippen LogP contribution is -2.16. The zero-order valence-corrected chi connectivity index (χ0v) is 19.7. The summed E-state index contributed by atoms with van der Waals surface area (Å²) >= 11 is 2.85. The van der Waals surface area contributed by atoms with Crippen LogP contribution in [0.1, 0.15) is 56.2 Å². The van der Waals surface area contributed by atoms with Crippen LogP contribution in [0.2, 0.25) is 0 Å². The van der Waals surface area contributed by atoms with Crippen LogP contribution in [0, 0.1) is 6.92 Å². The van der Waals surface area contributed by atoms with Crippen molar-refractivity contribution in [1.82, 2.24) is 10.2 Å². The average molecular weight is 441 g/mol. The van der Waals surface area contributed by atoms with Gasteiger partial charge in [-0.05, 0) is 47.6 Å². The fourth-order valence-corrected chi connectivity index (χ4v) is 4.61. The molecule has 0 radical (unpaired) electrons. The summed E-state index contributed by atoms with van der Waals surface area (Å²) in [6, 6.07) is 14.4. The summed E-state index contributed by atoms with van der Waals surface area (Å²) in [7, 11) is 0. The highest BCUT2D eigenvalue weighted by atomic mass is 32.2. The first-order valence-electron chi connectivity index (χ1n) is 10.1. The van der Waals surface area contributed by atoms with Gasteiger partial charge in [0, 0.05) is 11.4 Å². The van der Waals surface area contributed by atoms with Crippen LogP contribution in [-0.4, -0.2) is 21.9 Å². The summed E-state index contributed by atoms with van der Waals surface area (Å²) in [4.78, 5) is 12.5. The summed E-state index contributed by atoms with van der Waals surface area (Å²) in [5.41, 5.74) is 5.42. The minimum atomic E-state index is -0.0369. The normalized spacial score (nSPS) is 11.2. The predicted octanol–water partition coefficient (Wildman–Crippen LogP) is 6.57. The molecule has 0 spiro atoms. The van der Waals surface area contributed by atoms with Crippen LogP contribution in [0.15, 0.2) is 46.8 Å². The molecular weight excluding hydrogens is 412 g/mol. The molecule has 30 heavy (non-hydrogen) atoms. The van der Waals surface area contributed by atoms with Gasteiger partial charge >= 0.3 is 0 Å². The summed E-state index contributed by atoms with van der Waals surface area (Å²) in [5, 5.41) is 15.4. The number of hydrogen-bond acceptors (Lipinski definition) is 6. The molecular formula is C23H28N4OS2. The zero-order valence-electron chi connectivity index (χ0n) is 18.0. The van der Waals surface area contributed by atoms with Crippen LogP contribution >= 0.6 is 23.1 Å². The van der Waals surface area contributed by atoms with Crippen LogP contribution < -0.4 is 10.6 Å². The van der Waals surface area contributed by atoms with Crippen molar-refractivity contribution in [2.24, 2.45) is 0 Å². The van der Waals surface area contributed by atoms with Crippen LogP contribution in [0.25, 0.3) is 0 Å². The van der Waals surface area contributed by atoms with Gasteiger partial charge in [0.05, 0.1) is 5.75 Å². The fourth-order valence-electron chi connectivity index (χ4n) is 3.04. The van der Waals surface area contributed by atoms with E-state index in [4.69, 9.17) is 0 Å². The number of aromatic nitrogens is 2. The Bertz CT molecular complexity index is 997. The molecule has 0 bridgehead atoms. The van der Waals surface area contributed by atoms with Crippen molar-refractivity contribution < 1.29 is 4.79 Å². The molecule has 0 aliphatic carbocycles. The number of thioether (sulfide) groups is 1. The van der Waals surface area contributed by atoms with E-state index in [1.165, 1.54) is 28.7 Å². The second-order valence-corrected chi connectivity index (χ2v) is 10.0. The molecule has 5 nitrogen and oxygen atoms in total. The van der Waals surface area contributed by atoms with Crippen molar-refractivity contribution in [2.75, 3.05) is 16.4 Å². The third-order valence-corrected chi connectivity index (χ3v) is 6.73. The number of carbonyl (C=O) groups is 1. The number of benzene rings is 2. The van der Waals surface area contributed by atoms with E-state index in [0.717, 1.165) is 32.0 Å². The number of anilines is 3. The second-order valence-electron chi connectivity index (χ2n) is 7.81. The molecule has 0 aliphatic rings. The van der Waals surface area contributed by atoms with E-state index in [9.17, 15) is 4.79 Å². The Morgan fingerprint density at radius 2 is 1.77 bits per heavy atom. The maximum absolute atomic E-state index is 12.5. The Morgan fingerprint density at radius 1 is 1.03 bits per heavy atom. The van der Waals surface area contributed by atoms with E-state index >= 15 is 0 Å². The van der Waals surface area contributed by atoms with E-state index in [2.05, 4.69) is 66.7 Å². The molecule has 7 heteroatoms. The molecule has 0 saturated heterocycles. The van der Waals surface area contributed by atoms with Gasteiger partial charge in [-0.2, -0.15) is 0 Å². The van der Waals surface area contributed by atoms with Crippen molar-refractivity contribution in [3.8, 4) is 0 Å². The Morgan fingerprint density at radius 3 is 2.43 bits per heavy atom. The summed E-state index contributed by atoms with van der Waals surface area (Å²) in [6.45, 7) is 10.6. The van der Waals surface area contributed by atoms with Crippen molar-refractivity contribution in [3.05, 3.63) is 59.2 Å². The van der Waals surface area contributed by atoms with Crippen LogP contribution in [0.3, 0.4) is 0 Å². The standard InChI is InChI=1S/C23H28N4OS2/c1-14(2)17-9-11-18(12-10-17)24-22-26-27-23(30-22)29-13-20(28)25-21-16(5)7-6-8-19(21)15(3)4/h6-12,14-15H,13H2,1-5H3,(H,24,26)(H,25,28). The smallest absolute Gasteiger partial charge is 0.234 e. The first kappa shape index (κ1) is 22.3. The van der Waals surface area contributed by atoms with Crippen LogP contribution in [-0.2, 0) is 4.79 Å². The SMILES string of the molecule is Cc1cccc(C(C)C)c1NC(=O)CSc1nnc(Nc2ccc(C(C)C)cc2)s1. The molecule has 3 rings (SSSR count). The topological polar surface area (TPSA) is 66.9 Å². The van der Waals surface area contributed by atoms with Crippen molar-refractivity contribution >= 4 is 45.5 Å². The molecule has 0 fully saturated rings. The van der Waals surface area contributed by atoms with Gasteiger partial charge in [0.15, 0.2) is 4.34 Å². The molecule has 0 aliphatic heterocycles. The van der Waals surface area contributed by atoms with Crippen molar-refractivity contribution in [1.29, 1.82) is 0 Å². The Kier molecular flexibility index (Phi) is 7.50. The van der Waals surface area contributed by atoms with Gasteiger partial charge in [0.25, 0.3) is 0 Å². The first-order chi connectivity index (χ1) is 14.3. The Hall–Kier alpha value is -2.38. The maximum Gasteiger partial charge on any atom is 0.234 e. The number of rotatable bonds is 8. The quantitative estimate of drug-likeness (QED) is 0.388. The third kappa shape index (κ3) is 5.83. The third-order valence-electron chi connectivity index (χ3n) is 4.75. The minimum absolute atomic E-state index is 0.0369. The van der Waals surface area contributed by atoms with Gasteiger partial charge in [-0.15, -0.1) is 10.2 Å². The number of aryl methyl sites for hydroxylation is 1. The van der Waals surface area contributed by atoms with Gasteiger partial charge in [-0.3, -0.25) is 4.79 Å². The van der Waals surface area contributed by atoms with E-state index in [0.29, 0.717) is 17.6 Å². The highest BCUT2D eigenvalue weighted by Gasteiger charge is 2.13. The van der Waals surface area contributed by atoms with Gasteiger partial charge in [-0.25, -0.2) is 0 Å². The summed E-state index contributed by atoms with van der Waals surface area (Å²) in [6.07, 6.45) is 0. The van der Waals surface area contributed by atoms with E-state index < -0.39 is 0 Å². The zero-order chi connectivity index (χ0) is 21.7. The molecule has 3 aromatic rings. The average Bonchev–Trinajstić information content (AvgIpc) is 3.15. The van der Waals surface area contributed by atoms with E-state index in [1.807, 2.05) is 31.2 Å². The number of nitrogens with zero attached hydrogens (tertiary/aromatic N) is 2. The number of nitrogens with one attached hydrogen (secondary N) is 2. The number of carbonyl (C=O) groups excluding carboxylic acids is 1. The predicted molar refractivity (Wildman–Crippen MR) is 128 cm³/mol. The Labute approximate surface area is 186 Å². The molecule has 2 aromatic carbocycles. The van der Waals surface area contributed by atoms with Crippen molar-refractivity contribution in [3.63, 3.8) is 0 Å². The largest absolute Gasteiger partial charge is 0.330 e. The highest BCUT2D eigenvalue weighted by Crippen LogP contribution is 2.30. The Balaban J connectivity index is 1.56. The van der Waals surface area contributed by atoms with Gasteiger partial charge in [-0.1, -0.05) is 81.1 Å². The van der Waals surface area contributed by atoms with Gasteiger partial charge in [0.1, 0.15) is 0 Å². The molecule has 1 aromatic heterocycles.